The standard InChI is InChI=1S/C27H34N4O3S/c1-20-10-6-7-11-25(20)18-28-27(32)24-14-12-23(13-15-24)19-31-22(3)26(21(2)29-31)35(33,34)30-16-8-4-5-9-17-30/h6-7,10-15H,4-5,8-9,16-19H2,1-3H3,(H,28,32). The Morgan fingerprint density at radius 1 is 0.943 bits per heavy atom. The second-order valence-electron chi connectivity index (χ2n) is 9.28. The molecule has 1 fully saturated rings. The van der Waals surface area contributed by atoms with Crippen molar-refractivity contribution < 1.29 is 13.2 Å². The van der Waals surface area contributed by atoms with Crippen molar-refractivity contribution in [1.82, 2.24) is 19.4 Å². The molecule has 3 aromatic rings. The molecule has 8 heteroatoms. The van der Waals surface area contributed by atoms with Crippen LogP contribution >= 0.6 is 0 Å². The fraction of sp³-hybridized carbons (Fsp3) is 0.407. The smallest absolute Gasteiger partial charge is 0.251 e. The molecule has 0 spiro atoms. The van der Waals surface area contributed by atoms with E-state index in [0.29, 0.717) is 48.0 Å². The summed E-state index contributed by atoms with van der Waals surface area (Å²) in [5.74, 6) is -0.128. The van der Waals surface area contributed by atoms with Gasteiger partial charge in [0.2, 0.25) is 10.0 Å². The fourth-order valence-electron chi connectivity index (χ4n) is 4.64. The Balaban J connectivity index is 1.45. The molecular formula is C27H34N4O3S. The summed E-state index contributed by atoms with van der Waals surface area (Å²) in [6.07, 6.45) is 3.94. The molecule has 0 unspecified atom stereocenters. The van der Waals surface area contributed by atoms with Gasteiger partial charge < -0.3 is 5.32 Å². The van der Waals surface area contributed by atoms with Gasteiger partial charge in [-0.1, -0.05) is 49.2 Å². The zero-order chi connectivity index (χ0) is 25.0. The Bertz CT molecular complexity index is 1290. The quantitative estimate of drug-likeness (QED) is 0.529. The number of hydrogen-bond donors (Lipinski definition) is 1. The third kappa shape index (κ3) is 5.65. The van der Waals surface area contributed by atoms with E-state index < -0.39 is 10.0 Å². The van der Waals surface area contributed by atoms with Gasteiger partial charge in [0.25, 0.3) is 5.91 Å². The van der Waals surface area contributed by atoms with E-state index in [1.807, 2.05) is 50.2 Å². The number of carbonyl (C=O) groups is 1. The van der Waals surface area contributed by atoms with Gasteiger partial charge in [-0.25, -0.2) is 8.42 Å². The number of hydrogen-bond acceptors (Lipinski definition) is 4. The van der Waals surface area contributed by atoms with Crippen LogP contribution in [0.2, 0.25) is 0 Å². The van der Waals surface area contributed by atoms with Crippen molar-refractivity contribution >= 4 is 15.9 Å². The van der Waals surface area contributed by atoms with Gasteiger partial charge in [0.1, 0.15) is 4.90 Å². The summed E-state index contributed by atoms with van der Waals surface area (Å²) in [6.45, 7) is 7.66. The zero-order valence-electron chi connectivity index (χ0n) is 20.8. The average Bonchev–Trinajstić information content (AvgIpc) is 3.01. The van der Waals surface area contributed by atoms with Crippen LogP contribution in [0.3, 0.4) is 0 Å². The van der Waals surface area contributed by atoms with Gasteiger partial charge >= 0.3 is 0 Å². The normalized spacial score (nSPS) is 15.1. The molecule has 1 amide bonds. The van der Waals surface area contributed by atoms with Gasteiger partial charge in [-0.2, -0.15) is 9.40 Å². The first-order chi connectivity index (χ1) is 16.8. The number of sulfonamides is 1. The highest BCUT2D eigenvalue weighted by Gasteiger charge is 2.31. The molecule has 7 nitrogen and oxygen atoms in total. The monoisotopic (exact) mass is 494 g/mol. The average molecular weight is 495 g/mol. The van der Waals surface area contributed by atoms with Crippen LogP contribution in [-0.2, 0) is 23.1 Å². The van der Waals surface area contributed by atoms with Crippen LogP contribution in [0.4, 0.5) is 0 Å². The molecule has 1 aliphatic rings. The molecule has 0 radical (unpaired) electrons. The first kappa shape index (κ1) is 25.1. The van der Waals surface area contributed by atoms with Crippen molar-refractivity contribution in [3.05, 3.63) is 82.2 Å². The molecule has 2 heterocycles. The zero-order valence-corrected chi connectivity index (χ0v) is 21.6. The van der Waals surface area contributed by atoms with Gasteiger partial charge in [-0.05, 0) is 62.4 Å². The molecule has 0 saturated carbocycles. The van der Waals surface area contributed by atoms with Crippen LogP contribution in [0.15, 0.2) is 53.4 Å². The summed E-state index contributed by atoms with van der Waals surface area (Å²) in [7, 11) is -3.57. The van der Waals surface area contributed by atoms with Crippen LogP contribution < -0.4 is 5.32 Å². The topological polar surface area (TPSA) is 84.3 Å². The molecule has 1 aromatic heterocycles. The third-order valence-corrected chi connectivity index (χ3v) is 8.88. The highest BCUT2D eigenvalue weighted by atomic mass is 32.2. The Morgan fingerprint density at radius 2 is 1.60 bits per heavy atom. The highest BCUT2D eigenvalue weighted by molar-refractivity contribution is 7.89. The summed E-state index contributed by atoms with van der Waals surface area (Å²) < 4.78 is 30.1. The predicted molar refractivity (Wildman–Crippen MR) is 137 cm³/mol. The Kier molecular flexibility index (Phi) is 7.72. The van der Waals surface area contributed by atoms with Gasteiger partial charge in [-0.3, -0.25) is 9.48 Å². The van der Waals surface area contributed by atoms with Crippen molar-refractivity contribution in [2.45, 2.75) is 64.4 Å². The maximum Gasteiger partial charge on any atom is 0.251 e. The number of carbonyl (C=O) groups excluding carboxylic acids is 1. The molecule has 0 bridgehead atoms. The summed E-state index contributed by atoms with van der Waals surface area (Å²) in [6, 6.07) is 15.4. The number of benzene rings is 2. The molecule has 0 atom stereocenters. The molecule has 1 aliphatic heterocycles. The number of rotatable bonds is 7. The van der Waals surface area contributed by atoms with Gasteiger partial charge in [0, 0.05) is 25.2 Å². The number of amides is 1. The molecular weight excluding hydrogens is 460 g/mol. The summed E-state index contributed by atoms with van der Waals surface area (Å²) in [4.78, 5) is 12.9. The van der Waals surface area contributed by atoms with E-state index in [1.165, 1.54) is 0 Å². The van der Waals surface area contributed by atoms with Crippen LogP contribution in [0.1, 0.15) is 64.1 Å². The van der Waals surface area contributed by atoms with Crippen molar-refractivity contribution in [3.8, 4) is 0 Å². The van der Waals surface area contributed by atoms with E-state index in [9.17, 15) is 13.2 Å². The van der Waals surface area contributed by atoms with E-state index in [0.717, 1.165) is 42.4 Å². The number of nitrogens with one attached hydrogen (secondary N) is 1. The molecule has 35 heavy (non-hydrogen) atoms. The van der Waals surface area contributed by atoms with Crippen LogP contribution in [0.25, 0.3) is 0 Å². The molecule has 1 N–H and O–H groups in total. The number of nitrogens with zero attached hydrogens (tertiary/aromatic N) is 3. The summed E-state index contributed by atoms with van der Waals surface area (Å²) >= 11 is 0. The first-order valence-corrected chi connectivity index (χ1v) is 13.7. The van der Waals surface area contributed by atoms with E-state index in [1.54, 1.807) is 28.0 Å². The summed E-state index contributed by atoms with van der Waals surface area (Å²) in [5, 5.41) is 7.52. The Morgan fingerprint density at radius 3 is 2.26 bits per heavy atom. The van der Waals surface area contributed by atoms with Crippen molar-refractivity contribution in [3.63, 3.8) is 0 Å². The Hall–Kier alpha value is -2.97. The lowest BCUT2D eigenvalue weighted by atomic mass is 10.1. The number of aromatic nitrogens is 2. The first-order valence-electron chi connectivity index (χ1n) is 12.2. The minimum Gasteiger partial charge on any atom is -0.348 e. The lowest BCUT2D eigenvalue weighted by molar-refractivity contribution is 0.0951. The number of aryl methyl sites for hydroxylation is 2. The fourth-order valence-corrected chi connectivity index (χ4v) is 6.53. The molecule has 2 aromatic carbocycles. The molecule has 186 valence electrons. The van der Waals surface area contributed by atoms with Gasteiger partial charge in [0.15, 0.2) is 0 Å². The van der Waals surface area contributed by atoms with Gasteiger partial charge in [-0.15, -0.1) is 0 Å². The van der Waals surface area contributed by atoms with Crippen molar-refractivity contribution in [1.29, 1.82) is 0 Å². The maximum absolute atomic E-state index is 13.4. The molecule has 0 aliphatic carbocycles. The Labute approximate surface area is 208 Å². The van der Waals surface area contributed by atoms with Crippen molar-refractivity contribution in [2.75, 3.05) is 13.1 Å². The van der Waals surface area contributed by atoms with E-state index in [-0.39, 0.29) is 5.91 Å². The van der Waals surface area contributed by atoms with Crippen molar-refractivity contribution in [2.24, 2.45) is 0 Å². The summed E-state index contributed by atoms with van der Waals surface area (Å²) in [5.41, 5.74) is 4.94. The van der Waals surface area contributed by atoms with Crippen LogP contribution in [0, 0.1) is 20.8 Å². The molecule has 4 rings (SSSR count). The highest BCUT2D eigenvalue weighted by Crippen LogP contribution is 2.26. The second-order valence-corrected chi connectivity index (χ2v) is 11.2. The lowest BCUT2D eigenvalue weighted by Crippen LogP contribution is -2.32. The van der Waals surface area contributed by atoms with E-state index in [2.05, 4.69) is 10.4 Å². The SMILES string of the molecule is Cc1ccccc1CNC(=O)c1ccc(Cn2nc(C)c(S(=O)(=O)N3CCCCCC3)c2C)cc1. The second kappa shape index (κ2) is 10.7. The van der Waals surface area contributed by atoms with Crippen LogP contribution in [0.5, 0.6) is 0 Å². The van der Waals surface area contributed by atoms with E-state index >= 15 is 0 Å². The minimum absolute atomic E-state index is 0.128. The van der Waals surface area contributed by atoms with E-state index in [4.69, 9.17) is 0 Å². The maximum atomic E-state index is 13.4. The predicted octanol–water partition coefficient (Wildman–Crippen LogP) is 4.35. The van der Waals surface area contributed by atoms with Gasteiger partial charge in [0.05, 0.1) is 17.9 Å². The van der Waals surface area contributed by atoms with Crippen LogP contribution in [-0.4, -0.2) is 41.5 Å². The minimum atomic E-state index is -3.57. The largest absolute Gasteiger partial charge is 0.348 e. The lowest BCUT2D eigenvalue weighted by Gasteiger charge is -2.20. The third-order valence-electron chi connectivity index (χ3n) is 6.73. The molecule has 1 saturated heterocycles.